The Morgan fingerprint density at radius 1 is 1.47 bits per heavy atom. The van der Waals surface area contributed by atoms with Gasteiger partial charge < -0.3 is 15.6 Å². The van der Waals surface area contributed by atoms with E-state index >= 15 is 0 Å². The molecule has 0 saturated carbocycles. The number of rotatable bonds is 7. The van der Waals surface area contributed by atoms with Crippen molar-refractivity contribution >= 4 is 17.7 Å². The van der Waals surface area contributed by atoms with Gasteiger partial charge in [-0.1, -0.05) is 0 Å². The molecule has 106 valence electrons. The number of halogens is 1. The number of carboxylic acids is 1. The van der Waals surface area contributed by atoms with E-state index < -0.39 is 16.8 Å². The largest absolute Gasteiger partial charge is 0.493 e. The zero-order valence-corrected chi connectivity index (χ0v) is 11.7. The van der Waals surface area contributed by atoms with Crippen LogP contribution in [0.5, 0.6) is 5.75 Å². The van der Waals surface area contributed by atoms with Gasteiger partial charge in [-0.05, 0) is 38.1 Å². The summed E-state index contributed by atoms with van der Waals surface area (Å²) >= 11 is 1.43. The van der Waals surface area contributed by atoms with Gasteiger partial charge in [-0.15, -0.1) is 11.8 Å². The molecule has 1 rings (SSSR count). The van der Waals surface area contributed by atoms with Crippen molar-refractivity contribution in [1.82, 2.24) is 0 Å². The first-order valence-electron chi connectivity index (χ1n) is 5.83. The molecule has 0 amide bonds. The standard InChI is InChI=1S/C13H18FNO3S/c1-13(2,11(15)12(16)17)19-8-7-18-10-5-3-9(14)4-6-10/h3-6,11H,7-8,15H2,1-2H3,(H,16,17)/t11-/m1/s1. The number of ether oxygens (including phenoxy) is 1. The number of nitrogens with two attached hydrogens (primary N) is 1. The highest BCUT2D eigenvalue weighted by Crippen LogP contribution is 2.27. The van der Waals surface area contributed by atoms with Crippen LogP contribution in [0.2, 0.25) is 0 Å². The Labute approximate surface area is 116 Å². The number of hydrogen-bond donors (Lipinski definition) is 2. The Kier molecular flexibility index (Phi) is 5.62. The topological polar surface area (TPSA) is 72.5 Å². The molecular formula is C13H18FNO3S. The maximum Gasteiger partial charge on any atom is 0.321 e. The van der Waals surface area contributed by atoms with Crippen LogP contribution in [0.4, 0.5) is 4.39 Å². The molecule has 0 heterocycles. The van der Waals surface area contributed by atoms with Crippen LogP contribution in [0.1, 0.15) is 13.8 Å². The third-order valence-electron chi connectivity index (χ3n) is 2.65. The van der Waals surface area contributed by atoms with Crippen molar-refractivity contribution in [3.05, 3.63) is 30.1 Å². The summed E-state index contributed by atoms with van der Waals surface area (Å²) in [6.45, 7) is 3.98. The Balaban J connectivity index is 2.34. The van der Waals surface area contributed by atoms with Gasteiger partial charge in [0, 0.05) is 10.5 Å². The summed E-state index contributed by atoms with van der Waals surface area (Å²) < 4.78 is 17.5. The molecule has 0 aliphatic rings. The molecule has 1 atom stereocenters. The summed E-state index contributed by atoms with van der Waals surface area (Å²) in [5, 5.41) is 8.87. The van der Waals surface area contributed by atoms with Gasteiger partial charge >= 0.3 is 5.97 Å². The fraction of sp³-hybridized carbons (Fsp3) is 0.462. The molecule has 6 heteroatoms. The number of benzene rings is 1. The lowest BCUT2D eigenvalue weighted by molar-refractivity contribution is -0.139. The summed E-state index contributed by atoms with van der Waals surface area (Å²) in [6, 6.07) is 4.82. The molecule has 19 heavy (non-hydrogen) atoms. The molecule has 0 bridgehead atoms. The second kappa shape index (κ2) is 6.77. The number of aliphatic carboxylic acids is 1. The minimum atomic E-state index is -1.02. The Morgan fingerprint density at radius 3 is 2.58 bits per heavy atom. The molecule has 1 aromatic carbocycles. The Morgan fingerprint density at radius 2 is 2.05 bits per heavy atom. The maximum atomic E-state index is 12.7. The highest BCUT2D eigenvalue weighted by molar-refractivity contribution is 8.00. The average Bonchev–Trinajstić information content (AvgIpc) is 2.35. The maximum absolute atomic E-state index is 12.7. The van der Waals surface area contributed by atoms with Crippen LogP contribution in [0.3, 0.4) is 0 Å². The van der Waals surface area contributed by atoms with Crippen LogP contribution in [-0.2, 0) is 4.79 Å². The van der Waals surface area contributed by atoms with E-state index in [1.54, 1.807) is 26.0 Å². The van der Waals surface area contributed by atoms with Crippen molar-refractivity contribution in [1.29, 1.82) is 0 Å². The second-order valence-electron chi connectivity index (χ2n) is 4.57. The monoisotopic (exact) mass is 287 g/mol. The normalized spacial score (nSPS) is 13.1. The smallest absolute Gasteiger partial charge is 0.321 e. The third kappa shape index (κ3) is 5.08. The fourth-order valence-electron chi connectivity index (χ4n) is 1.38. The van der Waals surface area contributed by atoms with Crippen molar-refractivity contribution < 1.29 is 19.0 Å². The number of carbonyl (C=O) groups is 1. The van der Waals surface area contributed by atoms with E-state index in [4.69, 9.17) is 15.6 Å². The average molecular weight is 287 g/mol. The van der Waals surface area contributed by atoms with Crippen molar-refractivity contribution in [3.8, 4) is 5.75 Å². The van der Waals surface area contributed by atoms with Gasteiger partial charge in [-0.2, -0.15) is 0 Å². The van der Waals surface area contributed by atoms with Gasteiger partial charge in [0.2, 0.25) is 0 Å². The molecule has 0 radical (unpaired) electrons. The van der Waals surface area contributed by atoms with Crippen molar-refractivity contribution in [2.24, 2.45) is 5.73 Å². The third-order valence-corrected chi connectivity index (χ3v) is 4.02. The van der Waals surface area contributed by atoms with Crippen LogP contribution < -0.4 is 10.5 Å². The zero-order valence-electron chi connectivity index (χ0n) is 10.9. The fourth-order valence-corrected chi connectivity index (χ4v) is 2.36. The molecule has 0 unspecified atom stereocenters. The van der Waals surface area contributed by atoms with Crippen LogP contribution in [0.15, 0.2) is 24.3 Å². The van der Waals surface area contributed by atoms with E-state index in [0.717, 1.165) is 0 Å². The summed E-state index contributed by atoms with van der Waals surface area (Å²) in [7, 11) is 0. The molecule has 0 aromatic heterocycles. The SMILES string of the molecule is CC(C)(SCCOc1ccc(F)cc1)[C@H](N)C(=O)O. The van der Waals surface area contributed by atoms with Gasteiger partial charge in [0.1, 0.15) is 17.6 Å². The minimum absolute atomic E-state index is 0.310. The van der Waals surface area contributed by atoms with Gasteiger partial charge in [0.05, 0.1) is 6.61 Å². The first-order valence-corrected chi connectivity index (χ1v) is 6.82. The highest BCUT2D eigenvalue weighted by atomic mass is 32.2. The van der Waals surface area contributed by atoms with Gasteiger partial charge in [0.25, 0.3) is 0 Å². The van der Waals surface area contributed by atoms with E-state index in [2.05, 4.69) is 0 Å². The Hall–Kier alpha value is -1.27. The second-order valence-corrected chi connectivity index (χ2v) is 6.32. The summed E-state index contributed by atoms with van der Waals surface area (Å²) in [6.07, 6.45) is 0. The molecule has 1 aromatic rings. The molecule has 0 spiro atoms. The molecule has 4 nitrogen and oxygen atoms in total. The molecule has 3 N–H and O–H groups in total. The molecular weight excluding hydrogens is 269 g/mol. The summed E-state index contributed by atoms with van der Waals surface area (Å²) in [5.41, 5.74) is 5.60. The Bertz CT molecular complexity index is 422. The summed E-state index contributed by atoms with van der Waals surface area (Å²) in [4.78, 5) is 10.8. The van der Waals surface area contributed by atoms with E-state index in [9.17, 15) is 9.18 Å². The first-order chi connectivity index (χ1) is 8.83. The van der Waals surface area contributed by atoms with Gasteiger partial charge in [-0.25, -0.2) is 4.39 Å². The van der Waals surface area contributed by atoms with Crippen molar-refractivity contribution in [2.45, 2.75) is 24.6 Å². The van der Waals surface area contributed by atoms with Crippen LogP contribution in [-0.4, -0.2) is 34.2 Å². The molecule has 0 aliphatic heterocycles. The lowest BCUT2D eigenvalue weighted by atomic mass is 10.1. The quantitative estimate of drug-likeness (QED) is 0.752. The predicted octanol–water partition coefficient (Wildman–Crippen LogP) is 2.13. The van der Waals surface area contributed by atoms with Crippen molar-refractivity contribution in [2.75, 3.05) is 12.4 Å². The first kappa shape index (κ1) is 15.8. The lowest BCUT2D eigenvalue weighted by Gasteiger charge is -2.27. The van der Waals surface area contributed by atoms with E-state index in [-0.39, 0.29) is 5.82 Å². The molecule has 0 saturated heterocycles. The predicted molar refractivity (Wildman–Crippen MR) is 74.0 cm³/mol. The minimum Gasteiger partial charge on any atom is -0.493 e. The number of hydrogen-bond acceptors (Lipinski definition) is 4. The van der Waals surface area contributed by atoms with E-state index in [0.29, 0.717) is 18.1 Å². The van der Waals surface area contributed by atoms with E-state index in [1.165, 1.54) is 23.9 Å². The number of carboxylic acid groups (broad SMARTS) is 1. The molecule has 0 fully saturated rings. The molecule has 0 aliphatic carbocycles. The van der Waals surface area contributed by atoms with Gasteiger partial charge in [0.15, 0.2) is 0 Å². The zero-order chi connectivity index (χ0) is 14.5. The van der Waals surface area contributed by atoms with Crippen LogP contribution in [0, 0.1) is 5.82 Å². The van der Waals surface area contributed by atoms with Crippen LogP contribution in [0.25, 0.3) is 0 Å². The highest BCUT2D eigenvalue weighted by Gasteiger charge is 2.32. The number of thioether (sulfide) groups is 1. The summed E-state index contributed by atoms with van der Waals surface area (Å²) in [5.74, 6) is -0.139. The van der Waals surface area contributed by atoms with Gasteiger partial charge in [-0.3, -0.25) is 4.79 Å². The van der Waals surface area contributed by atoms with Crippen molar-refractivity contribution in [3.63, 3.8) is 0 Å². The van der Waals surface area contributed by atoms with Crippen LogP contribution >= 0.6 is 11.8 Å². The lowest BCUT2D eigenvalue weighted by Crippen LogP contribution is -2.47. The van der Waals surface area contributed by atoms with E-state index in [1.807, 2.05) is 0 Å².